The zero-order chi connectivity index (χ0) is 11.3. The molecule has 3 heteroatoms. The van der Waals surface area contributed by atoms with E-state index in [9.17, 15) is 0 Å². The molecule has 0 aliphatic rings. The van der Waals surface area contributed by atoms with Crippen LogP contribution in [0.4, 0.5) is 0 Å². The fraction of sp³-hybridized carbons (Fsp3) is 0.500. The van der Waals surface area contributed by atoms with Crippen LogP contribution in [0.5, 0.6) is 5.75 Å². The summed E-state index contributed by atoms with van der Waals surface area (Å²) >= 11 is 0. The van der Waals surface area contributed by atoms with Crippen molar-refractivity contribution in [3.05, 3.63) is 29.8 Å². The Morgan fingerprint density at radius 3 is 2.27 bits per heavy atom. The van der Waals surface area contributed by atoms with Gasteiger partial charge in [-0.25, -0.2) is 0 Å². The molecule has 0 amide bonds. The molecule has 1 aromatic carbocycles. The molecule has 4 N–H and O–H groups in total. The van der Waals surface area contributed by atoms with Crippen molar-refractivity contribution in [2.45, 2.75) is 32.4 Å². The van der Waals surface area contributed by atoms with E-state index in [4.69, 9.17) is 16.2 Å². The van der Waals surface area contributed by atoms with E-state index in [1.807, 2.05) is 38.1 Å². The average Bonchev–Trinajstić information content (AvgIpc) is 2.18. The highest BCUT2D eigenvalue weighted by Crippen LogP contribution is 2.18. The van der Waals surface area contributed by atoms with Gasteiger partial charge in [0.1, 0.15) is 5.75 Å². The molecule has 0 heterocycles. The third-order valence-corrected chi connectivity index (χ3v) is 2.16. The lowest BCUT2D eigenvalue weighted by atomic mass is 10.0. The smallest absolute Gasteiger partial charge is 0.119 e. The topological polar surface area (TPSA) is 61.3 Å². The maximum absolute atomic E-state index is 5.94. The van der Waals surface area contributed by atoms with Crippen molar-refractivity contribution in [1.82, 2.24) is 0 Å². The maximum Gasteiger partial charge on any atom is 0.119 e. The minimum atomic E-state index is 0.0306. The molecule has 0 saturated heterocycles. The first-order chi connectivity index (χ1) is 7.13. The van der Waals surface area contributed by atoms with Gasteiger partial charge < -0.3 is 16.2 Å². The van der Waals surface area contributed by atoms with Gasteiger partial charge in [-0.15, -0.1) is 0 Å². The number of rotatable bonds is 5. The van der Waals surface area contributed by atoms with Crippen LogP contribution in [0.2, 0.25) is 0 Å². The van der Waals surface area contributed by atoms with Gasteiger partial charge in [-0.2, -0.15) is 0 Å². The Labute approximate surface area is 91.4 Å². The van der Waals surface area contributed by atoms with Crippen LogP contribution in [0, 0.1) is 0 Å². The summed E-state index contributed by atoms with van der Waals surface area (Å²) < 4.78 is 5.54. The standard InChI is InChI=1S/C12H20N2O/c1-9(2)15-11-5-3-10(4-6-11)12(14)7-8-13/h3-6,9,12H,7-8,13-14H2,1-2H3/t12-/m0/s1. The van der Waals surface area contributed by atoms with Crippen molar-refractivity contribution < 1.29 is 4.74 Å². The van der Waals surface area contributed by atoms with Gasteiger partial charge in [0.05, 0.1) is 6.10 Å². The summed E-state index contributed by atoms with van der Waals surface area (Å²) in [6, 6.07) is 7.93. The molecule has 84 valence electrons. The Hall–Kier alpha value is -1.06. The van der Waals surface area contributed by atoms with E-state index in [1.165, 1.54) is 0 Å². The van der Waals surface area contributed by atoms with E-state index in [0.29, 0.717) is 6.54 Å². The van der Waals surface area contributed by atoms with E-state index >= 15 is 0 Å². The van der Waals surface area contributed by atoms with Crippen molar-refractivity contribution in [2.24, 2.45) is 11.5 Å². The number of nitrogens with two attached hydrogens (primary N) is 2. The van der Waals surface area contributed by atoms with E-state index in [2.05, 4.69) is 0 Å². The predicted octanol–water partition coefficient (Wildman–Crippen LogP) is 1.82. The monoisotopic (exact) mass is 208 g/mol. The van der Waals surface area contributed by atoms with Gasteiger partial charge in [-0.05, 0) is 44.5 Å². The second-order valence-corrected chi connectivity index (χ2v) is 3.92. The van der Waals surface area contributed by atoms with E-state index in [-0.39, 0.29) is 12.1 Å². The fourth-order valence-corrected chi connectivity index (χ4v) is 1.41. The quantitative estimate of drug-likeness (QED) is 0.776. The fourth-order valence-electron chi connectivity index (χ4n) is 1.41. The largest absolute Gasteiger partial charge is 0.491 e. The molecule has 1 rings (SSSR count). The van der Waals surface area contributed by atoms with Crippen molar-refractivity contribution in [3.63, 3.8) is 0 Å². The highest BCUT2D eigenvalue weighted by Gasteiger charge is 2.05. The number of hydrogen-bond donors (Lipinski definition) is 2. The Morgan fingerprint density at radius 1 is 1.20 bits per heavy atom. The molecule has 1 aromatic rings. The van der Waals surface area contributed by atoms with E-state index < -0.39 is 0 Å². The predicted molar refractivity (Wildman–Crippen MR) is 62.8 cm³/mol. The van der Waals surface area contributed by atoms with Crippen molar-refractivity contribution in [1.29, 1.82) is 0 Å². The molecule has 15 heavy (non-hydrogen) atoms. The molecule has 1 atom stereocenters. The highest BCUT2D eigenvalue weighted by molar-refractivity contribution is 5.29. The van der Waals surface area contributed by atoms with Gasteiger partial charge in [0, 0.05) is 6.04 Å². The molecule has 0 spiro atoms. The Morgan fingerprint density at radius 2 is 1.80 bits per heavy atom. The third kappa shape index (κ3) is 3.90. The molecule has 0 aromatic heterocycles. The zero-order valence-electron chi connectivity index (χ0n) is 9.44. The van der Waals surface area contributed by atoms with Gasteiger partial charge in [0.2, 0.25) is 0 Å². The number of ether oxygens (including phenoxy) is 1. The SMILES string of the molecule is CC(C)Oc1ccc([C@@H](N)CCN)cc1. The van der Waals surface area contributed by atoms with Gasteiger partial charge in [0.25, 0.3) is 0 Å². The van der Waals surface area contributed by atoms with Crippen LogP contribution in [0.15, 0.2) is 24.3 Å². The first kappa shape index (κ1) is 12.0. The lowest BCUT2D eigenvalue weighted by Crippen LogP contribution is -2.15. The van der Waals surface area contributed by atoms with Crippen LogP contribution in [0.3, 0.4) is 0 Å². The van der Waals surface area contributed by atoms with E-state index in [0.717, 1.165) is 17.7 Å². The van der Waals surface area contributed by atoms with Gasteiger partial charge >= 0.3 is 0 Å². The molecular weight excluding hydrogens is 188 g/mol. The van der Waals surface area contributed by atoms with Crippen LogP contribution >= 0.6 is 0 Å². The van der Waals surface area contributed by atoms with Crippen molar-refractivity contribution in [3.8, 4) is 5.75 Å². The summed E-state index contributed by atoms with van der Waals surface area (Å²) in [7, 11) is 0. The third-order valence-electron chi connectivity index (χ3n) is 2.16. The van der Waals surface area contributed by atoms with Crippen LogP contribution in [-0.4, -0.2) is 12.6 Å². The minimum Gasteiger partial charge on any atom is -0.491 e. The van der Waals surface area contributed by atoms with E-state index in [1.54, 1.807) is 0 Å². The summed E-state index contributed by atoms with van der Waals surface area (Å²) in [4.78, 5) is 0. The van der Waals surface area contributed by atoms with Gasteiger partial charge in [-0.3, -0.25) is 0 Å². The van der Waals surface area contributed by atoms with Gasteiger partial charge in [-0.1, -0.05) is 12.1 Å². The molecule has 0 bridgehead atoms. The minimum absolute atomic E-state index is 0.0306. The van der Waals surface area contributed by atoms with Gasteiger partial charge in [0.15, 0.2) is 0 Å². The number of hydrogen-bond acceptors (Lipinski definition) is 3. The normalized spacial score (nSPS) is 12.9. The molecule has 0 aliphatic carbocycles. The summed E-state index contributed by atoms with van der Waals surface area (Å²) in [5.41, 5.74) is 12.5. The average molecular weight is 208 g/mol. The van der Waals surface area contributed by atoms with Crippen molar-refractivity contribution in [2.75, 3.05) is 6.54 Å². The summed E-state index contributed by atoms with van der Waals surface area (Å²) in [6.07, 6.45) is 1.01. The molecule has 0 radical (unpaired) electrons. The van der Waals surface area contributed by atoms with Crippen LogP contribution < -0.4 is 16.2 Å². The molecule has 0 unspecified atom stereocenters. The highest BCUT2D eigenvalue weighted by atomic mass is 16.5. The molecule has 3 nitrogen and oxygen atoms in total. The molecule has 0 saturated carbocycles. The van der Waals surface area contributed by atoms with Crippen LogP contribution in [0.25, 0.3) is 0 Å². The lowest BCUT2D eigenvalue weighted by molar-refractivity contribution is 0.242. The second kappa shape index (κ2) is 5.73. The number of benzene rings is 1. The first-order valence-electron chi connectivity index (χ1n) is 5.35. The van der Waals surface area contributed by atoms with Crippen LogP contribution in [0.1, 0.15) is 31.9 Å². The summed E-state index contributed by atoms with van der Waals surface area (Å²) in [5.74, 6) is 0.883. The Balaban J connectivity index is 2.63. The maximum atomic E-state index is 5.94. The lowest BCUT2D eigenvalue weighted by Gasteiger charge is -2.13. The van der Waals surface area contributed by atoms with Crippen LogP contribution in [-0.2, 0) is 0 Å². The second-order valence-electron chi connectivity index (χ2n) is 3.92. The molecule has 0 aliphatic heterocycles. The summed E-state index contributed by atoms with van der Waals surface area (Å²) in [6.45, 7) is 4.63. The Kier molecular flexibility index (Phi) is 4.59. The first-order valence-corrected chi connectivity index (χ1v) is 5.35. The Bertz CT molecular complexity index is 282. The molecule has 0 fully saturated rings. The zero-order valence-corrected chi connectivity index (χ0v) is 9.44. The molecular formula is C12H20N2O. The van der Waals surface area contributed by atoms with Crippen molar-refractivity contribution >= 4 is 0 Å². The summed E-state index contributed by atoms with van der Waals surface area (Å²) in [5, 5.41) is 0.